The second-order valence-corrected chi connectivity index (χ2v) is 5.84. The normalized spacial score (nSPS) is 10.2. The molecule has 0 saturated carbocycles. The predicted molar refractivity (Wildman–Crippen MR) is 90.0 cm³/mol. The van der Waals surface area contributed by atoms with Crippen LogP contribution in [0.25, 0.3) is 11.4 Å². The number of aromatic amines is 1. The highest BCUT2D eigenvalue weighted by atomic mass is 32.1. The molecule has 2 aromatic heterocycles. The van der Waals surface area contributed by atoms with Gasteiger partial charge in [-0.15, -0.1) is 11.3 Å². The van der Waals surface area contributed by atoms with E-state index in [2.05, 4.69) is 21.4 Å². The molecule has 1 amide bonds. The lowest BCUT2D eigenvalue weighted by atomic mass is 10.1. The summed E-state index contributed by atoms with van der Waals surface area (Å²) in [5, 5.41) is 14.1. The molecule has 2 N–H and O–H groups in total. The van der Waals surface area contributed by atoms with Crippen LogP contribution in [0.3, 0.4) is 0 Å². The van der Waals surface area contributed by atoms with Gasteiger partial charge in [-0.25, -0.2) is 4.98 Å². The van der Waals surface area contributed by atoms with Crippen LogP contribution in [0.2, 0.25) is 0 Å². The predicted octanol–water partition coefficient (Wildman–Crippen LogP) is 3.58. The van der Waals surface area contributed by atoms with E-state index in [9.17, 15) is 4.79 Å². The summed E-state index contributed by atoms with van der Waals surface area (Å²) >= 11 is 1.40. The van der Waals surface area contributed by atoms with E-state index < -0.39 is 0 Å². The number of nitriles is 1. The Hall–Kier alpha value is -2.91. The molecule has 0 fully saturated rings. The van der Waals surface area contributed by atoms with E-state index in [4.69, 9.17) is 5.26 Å². The van der Waals surface area contributed by atoms with Crippen molar-refractivity contribution in [3.05, 3.63) is 59.1 Å². The lowest BCUT2D eigenvalue weighted by Gasteiger charge is -2.02. The Morgan fingerprint density at radius 3 is 2.83 bits per heavy atom. The Morgan fingerprint density at radius 1 is 1.30 bits per heavy atom. The summed E-state index contributed by atoms with van der Waals surface area (Å²) in [6.45, 7) is 0. The number of aromatic nitrogens is 2. The van der Waals surface area contributed by atoms with E-state index in [1.54, 1.807) is 12.1 Å². The van der Waals surface area contributed by atoms with Crippen LogP contribution in [0, 0.1) is 11.3 Å². The maximum absolute atomic E-state index is 12.0. The van der Waals surface area contributed by atoms with Gasteiger partial charge in [0.25, 0.3) is 0 Å². The number of nitrogens with one attached hydrogen (secondary N) is 2. The van der Waals surface area contributed by atoms with E-state index in [0.29, 0.717) is 23.5 Å². The van der Waals surface area contributed by atoms with Gasteiger partial charge in [-0.1, -0.05) is 12.1 Å². The highest BCUT2D eigenvalue weighted by Gasteiger charge is 2.08. The number of thiazole rings is 1. The number of H-pyrrole nitrogens is 1. The first kappa shape index (κ1) is 15.0. The van der Waals surface area contributed by atoms with Crippen molar-refractivity contribution in [1.29, 1.82) is 5.26 Å². The van der Waals surface area contributed by atoms with Crippen LogP contribution in [0.1, 0.15) is 17.5 Å². The molecule has 5 nitrogen and oxygen atoms in total. The van der Waals surface area contributed by atoms with Gasteiger partial charge in [-0.05, 0) is 36.2 Å². The number of carbonyl (C=O) groups excluding carboxylic acids is 1. The number of anilines is 1. The fourth-order valence-electron chi connectivity index (χ4n) is 2.13. The molecule has 6 heteroatoms. The number of rotatable bonds is 5. The highest BCUT2D eigenvalue weighted by molar-refractivity contribution is 7.14. The largest absolute Gasteiger partial charge is 0.360 e. The zero-order chi connectivity index (χ0) is 16.1. The van der Waals surface area contributed by atoms with Crippen LogP contribution >= 0.6 is 11.3 Å². The van der Waals surface area contributed by atoms with E-state index in [1.165, 1.54) is 11.3 Å². The van der Waals surface area contributed by atoms with Crippen LogP contribution in [0.15, 0.2) is 48.0 Å². The Bertz CT molecular complexity index is 828. The van der Waals surface area contributed by atoms with Gasteiger partial charge in [-0.2, -0.15) is 5.26 Å². The molecule has 1 aromatic carbocycles. The summed E-state index contributed by atoms with van der Waals surface area (Å²) < 4.78 is 0. The molecule has 0 aliphatic carbocycles. The summed E-state index contributed by atoms with van der Waals surface area (Å²) in [6, 6.07) is 13.2. The van der Waals surface area contributed by atoms with Gasteiger partial charge in [-0.3, -0.25) is 4.79 Å². The molecule has 3 aromatic rings. The van der Waals surface area contributed by atoms with E-state index in [0.717, 1.165) is 17.0 Å². The van der Waals surface area contributed by atoms with E-state index in [-0.39, 0.29) is 5.91 Å². The Labute approximate surface area is 137 Å². The molecule has 114 valence electrons. The molecular formula is C17H14N4OS. The fraction of sp³-hybridized carbons (Fsp3) is 0.118. The van der Waals surface area contributed by atoms with Crippen molar-refractivity contribution in [1.82, 2.24) is 9.97 Å². The van der Waals surface area contributed by atoms with Crippen molar-refractivity contribution >= 4 is 22.4 Å². The maximum Gasteiger partial charge on any atom is 0.226 e. The Balaban J connectivity index is 1.54. The van der Waals surface area contributed by atoms with Crippen LogP contribution in [-0.4, -0.2) is 15.9 Å². The summed E-state index contributed by atoms with van der Waals surface area (Å²) in [7, 11) is 0. The topological polar surface area (TPSA) is 81.6 Å². The monoisotopic (exact) mass is 322 g/mol. The number of aryl methyl sites for hydroxylation is 1. The van der Waals surface area contributed by atoms with Crippen molar-refractivity contribution in [3.8, 4) is 17.5 Å². The standard InChI is InChI=1S/C17H14N4OS/c18-10-13-5-3-12(4-6-13)7-8-16(22)21-17-20-15(11-23-17)14-2-1-9-19-14/h1-6,9,11,19H,7-8H2,(H,20,21,22). The van der Waals surface area contributed by atoms with Gasteiger partial charge in [0.05, 0.1) is 23.0 Å². The molecular weight excluding hydrogens is 308 g/mol. The average Bonchev–Trinajstić information content (AvgIpc) is 3.24. The molecule has 3 rings (SSSR count). The van der Waals surface area contributed by atoms with Crippen LogP contribution < -0.4 is 5.32 Å². The number of carbonyl (C=O) groups is 1. The lowest BCUT2D eigenvalue weighted by Crippen LogP contribution is -2.12. The average molecular weight is 322 g/mol. The summed E-state index contributed by atoms with van der Waals surface area (Å²) in [4.78, 5) is 19.5. The third kappa shape index (κ3) is 3.84. The van der Waals surface area contributed by atoms with Gasteiger partial charge in [0.15, 0.2) is 5.13 Å². The smallest absolute Gasteiger partial charge is 0.226 e. The zero-order valence-corrected chi connectivity index (χ0v) is 13.1. The zero-order valence-electron chi connectivity index (χ0n) is 12.2. The fourth-order valence-corrected chi connectivity index (χ4v) is 2.86. The van der Waals surface area contributed by atoms with Crippen molar-refractivity contribution in [2.75, 3.05) is 5.32 Å². The SMILES string of the molecule is N#Cc1ccc(CCC(=O)Nc2nc(-c3ccc[nH]3)cs2)cc1. The van der Waals surface area contributed by atoms with Gasteiger partial charge >= 0.3 is 0 Å². The first-order chi connectivity index (χ1) is 11.2. The molecule has 0 aliphatic rings. The summed E-state index contributed by atoms with van der Waals surface area (Å²) in [5.74, 6) is -0.0678. The number of hydrogen-bond donors (Lipinski definition) is 2. The van der Waals surface area contributed by atoms with Crippen molar-refractivity contribution < 1.29 is 4.79 Å². The van der Waals surface area contributed by atoms with Crippen LogP contribution in [0.4, 0.5) is 5.13 Å². The quantitative estimate of drug-likeness (QED) is 0.753. The maximum atomic E-state index is 12.0. The van der Waals surface area contributed by atoms with Crippen molar-refractivity contribution in [2.24, 2.45) is 0 Å². The minimum atomic E-state index is -0.0678. The third-order valence-corrected chi connectivity index (χ3v) is 4.11. The molecule has 0 atom stereocenters. The van der Waals surface area contributed by atoms with E-state index in [1.807, 2.05) is 35.8 Å². The van der Waals surface area contributed by atoms with Crippen LogP contribution in [-0.2, 0) is 11.2 Å². The summed E-state index contributed by atoms with van der Waals surface area (Å²) in [6.07, 6.45) is 2.85. The van der Waals surface area contributed by atoms with Crippen molar-refractivity contribution in [2.45, 2.75) is 12.8 Å². The summed E-state index contributed by atoms with van der Waals surface area (Å²) in [5.41, 5.74) is 3.41. The second-order valence-electron chi connectivity index (χ2n) is 4.98. The Morgan fingerprint density at radius 2 is 2.13 bits per heavy atom. The number of hydrogen-bond acceptors (Lipinski definition) is 4. The molecule has 0 spiro atoms. The molecule has 0 radical (unpaired) electrons. The number of benzene rings is 1. The molecule has 0 bridgehead atoms. The van der Waals surface area contributed by atoms with Gasteiger partial charge in [0.2, 0.25) is 5.91 Å². The van der Waals surface area contributed by atoms with Crippen molar-refractivity contribution in [3.63, 3.8) is 0 Å². The highest BCUT2D eigenvalue weighted by Crippen LogP contribution is 2.23. The molecule has 0 unspecified atom stereocenters. The molecule has 0 saturated heterocycles. The number of amides is 1. The minimum Gasteiger partial charge on any atom is -0.360 e. The second kappa shape index (κ2) is 6.90. The first-order valence-corrected chi connectivity index (χ1v) is 8.01. The minimum absolute atomic E-state index is 0.0678. The molecule has 23 heavy (non-hydrogen) atoms. The van der Waals surface area contributed by atoms with E-state index >= 15 is 0 Å². The molecule has 0 aliphatic heterocycles. The van der Waals surface area contributed by atoms with Crippen LogP contribution in [0.5, 0.6) is 0 Å². The van der Waals surface area contributed by atoms with Gasteiger partial charge in [0, 0.05) is 18.0 Å². The lowest BCUT2D eigenvalue weighted by molar-refractivity contribution is -0.116. The first-order valence-electron chi connectivity index (χ1n) is 7.13. The number of nitrogens with zero attached hydrogens (tertiary/aromatic N) is 2. The van der Waals surface area contributed by atoms with Gasteiger partial charge in [0.1, 0.15) is 0 Å². The third-order valence-electron chi connectivity index (χ3n) is 3.35. The van der Waals surface area contributed by atoms with Gasteiger partial charge < -0.3 is 10.3 Å². The molecule has 2 heterocycles. The Kier molecular flexibility index (Phi) is 4.50.